The first-order chi connectivity index (χ1) is 7.67. The molecule has 1 rings (SSSR count). The van der Waals surface area contributed by atoms with Gasteiger partial charge in [-0.25, -0.2) is 4.79 Å². The third-order valence-electron chi connectivity index (χ3n) is 2.01. The number of amides is 2. The van der Waals surface area contributed by atoms with Crippen LogP contribution in [0.3, 0.4) is 0 Å². The van der Waals surface area contributed by atoms with Crippen LogP contribution in [0, 0.1) is 0 Å². The smallest absolute Gasteiger partial charge is 0.319 e. The molecule has 0 unspecified atom stereocenters. The number of ether oxygens (including phenoxy) is 1. The maximum absolute atomic E-state index is 11.5. The second kappa shape index (κ2) is 5.97. The molecule has 0 aliphatic carbocycles. The number of aliphatic hydroxyl groups excluding tert-OH is 1. The van der Waals surface area contributed by atoms with Crippen molar-refractivity contribution >= 4 is 11.7 Å². The number of hydrogen-bond acceptors (Lipinski definition) is 3. The zero-order chi connectivity index (χ0) is 12.0. The van der Waals surface area contributed by atoms with Crippen LogP contribution in [0.1, 0.15) is 6.92 Å². The van der Waals surface area contributed by atoms with Gasteiger partial charge in [0.2, 0.25) is 0 Å². The van der Waals surface area contributed by atoms with Crippen molar-refractivity contribution in [2.24, 2.45) is 0 Å². The summed E-state index contributed by atoms with van der Waals surface area (Å²) in [4.78, 5) is 11.5. The molecule has 0 heterocycles. The minimum Gasteiger partial charge on any atom is -0.495 e. The van der Waals surface area contributed by atoms with Gasteiger partial charge in [0, 0.05) is 0 Å². The first-order valence-electron chi connectivity index (χ1n) is 4.98. The van der Waals surface area contributed by atoms with Gasteiger partial charge in [-0.3, -0.25) is 0 Å². The molecular formula is C11H16N2O3. The molecule has 88 valence electrons. The number of aliphatic hydroxyl groups is 1. The number of rotatable bonds is 4. The number of methoxy groups -OCH3 is 1. The Labute approximate surface area is 94.4 Å². The molecule has 0 fully saturated rings. The lowest BCUT2D eigenvalue weighted by Crippen LogP contribution is -2.38. The lowest BCUT2D eigenvalue weighted by atomic mass is 10.3. The van der Waals surface area contributed by atoms with E-state index in [4.69, 9.17) is 9.84 Å². The number of hydrogen-bond donors (Lipinski definition) is 3. The minimum atomic E-state index is -0.369. The van der Waals surface area contributed by atoms with Gasteiger partial charge in [0.1, 0.15) is 5.75 Å². The summed E-state index contributed by atoms with van der Waals surface area (Å²) in [6.07, 6.45) is 0. The summed E-state index contributed by atoms with van der Waals surface area (Å²) >= 11 is 0. The normalized spacial score (nSPS) is 11.7. The molecule has 3 N–H and O–H groups in total. The van der Waals surface area contributed by atoms with Gasteiger partial charge in [-0.05, 0) is 19.1 Å². The van der Waals surface area contributed by atoms with Crippen molar-refractivity contribution in [1.82, 2.24) is 5.32 Å². The molecule has 0 aliphatic heterocycles. The Bertz CT molecular complexity index is 355. The number of carbonyl (C=O) groups is 1. The summed E-state index contributed by atoms with van der Waals surface area (Å²) in [5.74, 6) is 0.592. The summed E-state index contributed by atoms with van der Waals surface area (Å²) in [5, 5.41) is 14.0. The van der Waals surface area contributed by atoms with Crippen LogP contribution in [0.25, 0.3) is 0 Å². The largest absolute Gasteiger partial charge is 0.495 e. The molecule has 0 bridgehead atoms. The van der Waals surface area contributed by atoms with Gasteiger partial charge >= 0.3 is 6.03 Å². The molecule has 1 aromatic rings. The molecule has 0 aliphatic rings. The van der Waals surface area contributed by atoms with Crippen molar-refractivity contribution in [2.45, 2.75) is 13.0 Å². The van der Waals surface area contributed by atoms with Crippen molar-refractivity contribution in [3.8, 4) is 5.75 Å². The standard InChI is InChI=1S/C11H16N2O3/c1-8(7-14)12-11(15)13-9-5-3-4-6-10(9)16-2/h3-6,8,14H,7H2,1-2H3,(H2,12,13,15)/t8-/m1/s1. The van der Waals surface area contributed by atoms with Crippen LogP contribution in [-0.4, -0.2) is 30.9 Å². The summed E-state index contributed by atoms with van der Waals surface area (Å²) in [6.45, 7) is 1.61. The molecule has 0 saturated carbocycles. The number of urea groups is 1. The molecule has 0 spiro atoms. The van der Waals surface area contributed by atoms with Crippen molar-refractivity contribution in [2.75, 3.05) is 19.0 Å². The van der Waals surface area contributed by atoms with Gasteiger partial charge in [0.15, 0.2) is 0 Å². The van der Waals surface area contributed by atoms with Crippen molar-refractivity contribution in [3.63, 3.8) is 0 Å². The van der Waals surface area contributed by atoms with E-state index in [1.54, 1.807) is 25.1 Å². The highest BCUT2D eigenvalue weighted by molar-refractivity contribution is 5.91. The third-order valence-corrected chi connectivity index (χ3v) is 2.01. The maximum atomic E-state index is 11.5. The molecule has 5 heteroatoms. The molecule has 1 atom stereocenters. The van der Waals surface area contributed by atoms with Gasteiger partial charge in [0.25, 0.3) is 0 Å². The predicted molar refractivity (Wildman–Crippen MR) is 61.7 cm³/mol. The van der Waals surface area contributed by atoms with Gasteiger partial charge in [0.05, 0.1) is 25.4 Å². The Hall–Kier alpha value is -1.75. The quantitative estimate of drug-likeness (QED) is 0.719. The molecule has 0 saturated heterocycles. The van der Waals surface area contributed by atoms with Crippen LogP contribution < -0.4 is 15.4 Å². The van der Waals surface area contributed by atoms with E-state index >= 15 is 0 Å². The molecule has 16 heavy (non-hydrogen) atoms. The summed E-state index contributed by atoms with van der Waals surface area (Å²) in [7, 11) is 1.54. The fraction of sp³-hybridized carbons (Fsp3) is 0.364. The Kier molecular flexibility index (Phi) is 4.60. The first-order valence-corrected chi connectivity index (χ1v) is 4.98. The van der Waals surface area contributed by atoms with Gasteiger partial charge in [-0.15, -0.1) is 0 Å². The summed E-state index contributed by atoms with van der Waals surface area (Å²) in [6, 6.07) is 6.46. The second-order valence-electron chi connectivity index (χ2n) is 3.38. The lowest BCUT2D eigenvalue weighted by molar-refractivity contribution is 0.229. The number of carbonyl (C=O) groups excluding carboxylic acids is 1. The first kappa shape index (κ1) is 12.3. The van der Waals surface area contributed by atoms with E-state index in [9.17, 15) is 4.79 Å². The third kappa shape index (κ3) is 3.43. The Morgan fingerprint density at radius 3 is 2.81 bits per heavy atom. The maximum Gasteiger partial charge on any atom is 0.319 e. The van der Waals surface area contributed by atoms with Crippen molar-refractivity contribution in [3.05, 3.63) is 24.3 Å². The highest BCUT2D eigenvalue weighted by Gasteiger charge is 2.08. The molecule has 5 nitrogen and oxygen atoms in total. The highest BCUT2D eigenvalue weighted by Crippen LogP contribution is 2.22. The second-order valence-corrected chi connectivity index (χ2v) is 3.38. The van der Waals surface area contributed by atoms with Gasteiger partial charge < -0.3 is 20.5 Å². The van der Waals surface area contributed by atoms with E-state index < -0.39 is 0 Å². The highest BCUT2D eigenvalue weighted by atomic mass is 16.5. The van der Waals surface area contributed by atoms with E-state index in [1.165, 1.54) is 7.11 Å². The van der Waals surface area contributed by atoms with E-state index in [1.807, 2.05) is 6.07 Å². The average molecular weight is 224 g/mol. The van der Waals surface area contributed by atoms with Gasteiger partial charge in [-0.2, -0.15) is 0 Å². The monoisotopic (exact) mass is 224 g/mol. The van der Waals surface area contributed by atoms with E-state index in [-0.39, 0.29) is 18.7 Å². The Morgan fingerprint density at radius 2 is 2.19 bits per heavy atom. The van der Waals surface area contributed by atoms with Crippen molar-refractivity contribution < 1.29 is 14.6 Å². The predicted octanol–water partition coefficient (Wildman–Crippen LogP) is 1.20. The van der Waals surface area contributed by atoms with E-state index in [0.717, 1.165) is 0 Å². The van der Waals surface area contributed by atoms with Crippen LogP contribution in [0.4, 0.5) is 10.5 Å². The van der Waals surface area contributed by atoms with Crippen molar-refractivity contribution in [1.29, 1.82) is 0 Å². The molecule has 0 radical (unpaired) electrons. The Morgan fingerprint density at radius 1 is 1.50 bits per heavy atom. The van der Waals surface area contributed by atoms with Crippen LogP contribution in [0.15, 0.2) is 24.3 Å². The average Bonchev–Trinajstić information content (AvgIpc) is 2.29. The zero-order valence-electron chi connectivity index (χ0n) is 9.36. The number of para-hydroxylation sites is 2. The topological polar surface area (TPSA) is 70.6 Å². The fourth-order valence-electron chi connectivity index (χ4n) is 1.18. The lowest BCUT2D eigenvalue weighted by Gasteiger charge is -2.13. The summed E-state index contributed by atoms with van der Waals surface area (Å²) in [5.41, 5.74) is 0.590. The molecule has 1 aromatic carbocycles. The van der Waals surface area contributed by atoms with Crippen LogP contribution in [0.5, 0.6) is 5.75 Å². The molecule has 2 amide bonds. The fourth-order valence-corrected chi connectivity index (χ4v) is 1.18. The number of benzene rings is 1. The molecular weight excluding hydrogens is 208 g/mol. The Balaban J connectivity index is 2.62. The summed E-state index contributed by atoms with van der Waals surface area (Å²) < 4.78 is 5.09. The van der Waals surface area contributed by atoms with Crippen LogP contribution >= 0.6 is 0 Å². The number of nitrogens with one attached hydrogen (secondary N) is 2. The minimum absolute atomic E-state index is 0.0979. The zero-order valence-corrected chi connectivity index (χ0v) is 9.36. The SMILES string of the molecule is COc1ccccc1NC(=O)N[C@H](C)CO. The van der Waals surface area contributed by atoms with Gasteiger partial charge in [-0.1, -0.05) is 12.1 Å². The van der Waals surface area contributed by atoms with Crippen LogP contribution in [-0.2, 0) is 0 Å². The number of anilines is 1. The van der Waals surface area contributed by atoms with E-state index in [2.05, 4.69) is 10.6 Å². The molecule has 0 aromatic heterocycles. The van der Waals surface area contributed by atoms with E-state index in [0.29, 0.717) is 11.4 Å². The van der Waals surface area contributed by atoms with Crippen LogP contribution in [0.2, 0.25) is 0 Å².